The summed E-state index contributed by atoms with van der Waals surface area (Å²) in [5.41, 5.74) is 7.25. The van der Waals surface area contributed by atoms with Crippen LogP contribution >= 0.6 is 12.2 Å². The van der Waals surface area contributed by atoms with E-state index in [1.807, 2.05) is 31.0 Å². The number of nitrogens with zero attached hydrogens (tertiary/aromatic N) is 2. The highest BCUT2D eigenvalue weighted by Crippen LogP contribution is 2.17. The normalized spacial score (nSPS) is 12.2. The van der Waals surface area contributed by atoms with E-state index in [1.165, 1.54) is 0 Å². The Kier molecular flexibility index (Phi) is 5.46. The Balaban J connectivity index is 2.93. The van der Waals surface area contributed by atoms with E-state index in [0.29, 0.717) is 22.9 Å². The predicted molar refractivity (Wildman–Crippen MR) is 76.0 cm³/mol. The molecule has 5 nitrogen and oxygen atoms in total. The van der Waals surface area contributed by atoms with Crippen molar-refractivity contribution < 1.29 is 9.84 Å². The van der Waals surface area contributed by atoms with Crippen molar-refractivity contribution in [1.29, 1.82) is 0 Å². The second kappa shape index (κ2) is 6.63. The number of thiocarbonyl (C=S) groups is 1. The average Bonchev–Trinajstić information content (AvgIpc) is 2.28. The number of hydrogen-bond donors (Lipinski definition) is 2. The third-order valence-electron chi connectivity index (χ3n) is 2.49. The summed E-state index contributed by atoms with van der Waals surface area (Å²) in [6.07, 6.45) is -0.582. The van der Waals surface area contributed by atoms with Gasteiger partial charge in [0.1, 0.15) is 10.8 Å². The van der Waals surface area contributed by atoms with Crippen molar-refractivity contribution in [3.05, 3.63) is 23.4 Å². The molecule has 100 valence electrons. The number of aromatic nitrogens is 1. The largest absolute Gasteiger partial charge is 0.389 e. The van der Waals surface area contributed by atoms with E-state index in [9.17, 15) is 5.11 Å². The number of aliphatic hydroxyl groups is 1. The van der Waals surface area contributed by atoms with E-state index < -0.39 is 6.10 Å². The molecule has 1 aromatic rings. The van der Waals surface area contributed by atoms with Crippen LogP contribution in [-0.4, -0.2) is 48.5 Å². The first-order valence-electron chi connectivity index (χ1n) is 5.61. The van der Waals surface area contributed by atoms with Crippen LogP contribution in [0.15, 0.2) is 12.1 Å². The number of pyridine rings is 1. The lowest BCUT2D eigenvalue weighted by atomic mass is 10.2. The highest BCUT2D eigenvalue weighted by Gasteiger charge is 2.15. The molecule has 0 spiro atoms. The molecule has 1 unspecified atom stereocenters. The maximum absolute atomic E-state index is 9.72. The molecule has 1 rings (SSSR count). The summed E-state index contributed by atoms with van der Waals surface area (Å²) in [7, 11) is 3.39. The van der Waals surface area contributed by atoms with E-state index in [-0.39, 0.29) is 6.61 Å². The summed E-state index contributed by atoms with van der Waals surface area (Å²) < 4.78 is 4.89. The van der Waals surface area contributed by atoms with Crippen LogP contribution in [0.4, 0.5) is 5.82 Å². The molecular weight excluding hydrogens is 250 g/mol. The van der Waals surface area contributed by atoms with Crippen LogP contribution in [0, 0.1) is 6.92 Å². The Hall–Kier alpha value is -1.24. The minimum Gasteiger partial charge on any atom is -0.389 e. The molecule has 0 saturated heterocycles. The van der Waals surface area contributed by atoms with Gasteiger partial charge in [0.2, 0.25) is 0 Å². The molecule has 0 aliphatic heterocycles. The van der Waals surface area contributed by atoms with Crippen LogP contribution in [0.5, 0.6) is 0 Å². The number of methoxy groups -OCH3 is 1. The molecule has 0 aliphatic rings. The molecule has 1 aromatic heterocycles. The van der Waals surface area contributed by atoms with Crippen LogP contribution in [-0.2, 0) is 4.74 Å². The van der Waals surface area contributed by atoms with Gasteiger partial charge in [-0.2, -0.15) is 0 Å². The van der Waals surface area contributed by atoms with Gasteiger partial charge < -0.3 is 20.5 Å². The lowest BCUT2D eigenvalue weighted by molar-refractivity contribution is 0.0694. The average molecular weight is 269 g/mol. The molecule has 0 saturated carbocycles. The number of likely N-dealkylation sites (N-methyl/N-ethyl adjacent to an activating group) is 1. The molecule has 0 radical (unpaired) electrons. The second-order valence-electron chi connectivity index (χ2n) is 4.18. The van der Waals surface area contributed by atoms with Crippen molar-refractivity contribution in [3.63, 3.8) is 0 Å². The summed E-state index contributed by atoms with van der Waals surface area (Å²) in [4.78, 5) is 6.54. The van der Waals surface area contributed by atoms with Crippen LogP contribution < -0.4 is 10.6 Å². The summed E-state index contributed by atoms with van der Waals surface area (Å²) in [6, 6.07) is 3.70. The van der Waals surface area contributed by atoms with Crippen molar-refractivity contribution in [2.24, 2.45) is 5.73 Å². The maximum Gasteiger partial charge on any atom is 0.138 e. The smallest absolute Gasteiger partial charge is 0.138 e. The monoisotopic (exact) mass is 269 g/mol. The zero-order valence-electron chi connectivity index (χ0n) is 10.9. The van der Waals surface area contributed by atoms with Crippen LogP contribution in [0.1, 0.15) is 11.3 Å². The van der Waals surface area contributed by atoms with Gasteiger partial charge in [0.15, 0.2) is 0 Å². The fraction of sp³-hybridized carbons (Fsp3) is 0.500. The summed E-state index contributed by atoms with van der Waals surface area (Å²) in [5, 5.41) is 9.72. The molecule has 0 fully saturated rings. The number of aliphatic hydroxyl groups excluding tert-OH is 1. The predicted octanol–water partition coefficient (Wildman–Crippen LogP) is 0.468. The van der Waals surface area contributed by atoms with Gasteiger partial charge in [-0.3, -0.25) is 0 Å². The first-order chi connectivity index (χ1) is 8.45. The lowest BCUT2D eigenvalue weighted by Crippen LogP contribution is -2.33. The van der Waals surface area contributed by atoms with Gasteiger partial charge in [0.25, 0.3) is 0 Å². The molecular formula is C12H19N3O2S. The number of nitrogens with two attached hydrogens (primary N) is 1. The van der Waals surface area contributed by atoms with E-state index in [4.69, 9.17) is 22.7 Å². The quantitative estimate of drug-likeness (QED) is 0.731. The molecule has 0 aromatic carbocycles. The van der Waals surface area contributed by atoms with Gasteiger partial charge in [-0.25, -0.2) is 4.98 Å². The topological polar surface area (TPSA) is 71.6 Å². The zero-order chi connectivity index (χ0) is 13.7. The van der Waals surface area contributed by atoms with E-state index in [0.717, 1.165) is 5.69 Å². The van der Waals surface area contributed by atoms with Crippen molar-refractivity contribution in [2.45, 2.75) is 13.0 Å². The fourth-order valence-corrected chi connectivity index (χ4v) is 1.83. The van der Waals surface area contributed by atoms with Crippen LogP contribution in [0.3, 0.4) is 0 Å². The molecule has 3 N–H and O–H groups in total. The molecule has 0 aliphatic carbocycles. The van der Waals surface area contributed by atoms with Crippen molar-refractivity contribution in [3.8, 4) is 0 Å². The number of ether oxygens (including phenoxy) is 1. The highest BCUT2D eigenvalue weighted by atomic mass is 32.1. The Morgan fingerprint density at radius 1 is 1.61 bits per heavy atom. The number of aryl methyl sites for hydroxylation is 1. The highest BCUT2D eigenvalue weighted by molar-refractivity contribution is 7.80. The van der Waals surface area contributed by atoms with Gasteiger partial charge in [-0.1, -0.05) is 12.2 Å². The molecule has 1 atom stereocenters. The Labute approximate surface area is 113 Å². The molecule has 6 heteroatoms. The van der Waals surface area contributed by atoms with Crippen molar-refractivity contribution in [1.82, 2.24) is 4.98 Å². The van der Waals surface area contributed by atoms with Gasteiger partial charge in [0, 0.05) is 26.4 Å². The first kappa shape index (κ1) is 14.8. The second-order valence-corrected chi connectivity index (χ2v) is 4.62. The zero-order valence-corrected chi connectivity index (χ0v) is 11.7. The third-order valence-corrected chi connectivity index (χ3v) is 2.70. The Bertz CT molecular complexity index is 426. The number of anilines is 1. The van der Waals surface area contributed by atoms with E-state index in [1.54, 1.807) is 7.11 Å². The van der Waals surface area contributed by atoms with Gasteiger partial charge in [-0.15, -0.1) is 0 Å². The van der Waals surface area contributed by atoms with Crippen LogP contribution in [0.2, 0.25) is 0 Å². The first-order valence-corrected chi connectivity index (χ1v) is 6.02. The van der Waals surface area contributed by atoms with Crippen LogP contribution in [0.25, 0.3) is 0 Å². The summed E-state index contributed by atoms with van der Waals surface area (Å²) >= 11 is 5.00. The number of rotatable bonds is 6. The lowest BCUT2D eigenvalue weighted by Gasteiger charge is -2.23. The Morgan fingerprint density at radius 2 is 2.28 bits per heavy atom. The minimum atomic E-state index is -0.582. The van der Waals surface area contributed by atoms with Gasteiger partial charge in [-0.05, 0) is 19.1 Å². The molecule has 0 amide bonds. The minimum absolute atomic E-state index is 0.276. The Morgan fingerprint density at radius 3 is 2.83 bits per heavy atom. The molecule has 0 bridgehead atoms. The fourth-order valence-electron chi connectivity index (χ4n) is 1.67. The molecule has 18 heavy (non-hydrogen) atoms. The van der Waals surface area contributed by atoms with Crippen molar-refractivity contribution >= 4 is 23.0 Å². The summed E-state index contributed by atoms with van der Waals surface area (Å²) in [6.45, 7) is 2.57. The maximum atomic E-state index is 9.72. The van der Waals surface area contributed by atoms with E-state index in [2.05, 4.69) is 4.98 Å². The van der Waals surface area contributed by atoms with Crippen molar-refractivity contribution in [2.75, 3.05) is 32.2 Å². The van der Waals surface area contributed by atoms with Gasteiger partial charge in [0.05, 0.1) is 18.3 Å². The SMILES string of the molecule is COCC(O)CN(C)c1nc(C)ccc1C(N)=S. The third kappa shape index (κ3) is 3.90. The molecule has 1 heterocycles. The summed E-state index contributed by atoms with van der Waals surface area (Å²) in [5.74, 6) is 0.678. The van der Waals surface area contributed by atoms with E-state index >= 15 is 0 Å². The number of hydrogen-bond acceptors (Lipinski definition) is 5. The van der Waals surface area contributed by atoms with Gasteiger partial charge >= 0.3 is 0 Å². The standard InChI is InChI=1S/C12H19N3O2S/c1-8-4-5-10(11(13)18)12(14-8)15(2)6-9(16)7-17-3/h4-5,9,16H,6-7H2,1-3H3,(H2,13,18).